The van der Waals surface area contributed by atoms with E-state index in [9.17, 15) is 0 Å². The second kappa shape index (κ2) is 6.09. The molecular weight excluding hydrogens is 112 g/mol. The number of rotatable bonds is 0. The first kappa shape index (κ1) is 11.7. The van der Waals surface area contributed by atoms with Gasteiger partial charge in [0.15, 0.2) is 0 Å². The Balaban J connectivity index is 0. The van der Waals surface area contributed by atoms with Crippen LogP contribution in [0.2, 0.25) is 0 Å². The van der Waals surface area contributed by atoms with Gasteiger partial charge in [0.1, 0.15) is 0 Å². The third-order valence-electron chi connectivity index (χ3n) is 0.474. The number of hydrogen-bond donors (Lipinski definition) is 1. The first-order chi connectivity index (χ1) is 3.97. The number of hydrogen-bond acceptors (Lipinski definition) is 1. The van der Waals surface area contributed by atoms with Crippen LogP contribution in [0.5, 0.6) is 0 Å². The maximum absolute atomic E-state index is 8.40. The summed E-state index contributed by atoms with van der Waals surface area (Å²) in [5.41, 5.74) is 0.0972. The summed E-state index contributed by atoms with van der Waals surface area (Å²) in [6, 6.07) is 0. The minimum atomic E-state index is 0.0972. The maximum Gasteiger partial charge on any atom is 0.0479 e. The molecule has 0 saturated carbocycles. The Morgan fingerprint density at radius 2 is 1.22 bits per heavy atom. The summed E-state index contributed by atoms with van der Waals surface area (Å²) >= 11 is 0. The zero-order valence-corrected chi connectivity index (χ0v) is 7.36. The van der Waals surface area contributed by atoms with Gasteiger partial charge in [-0.25, -0.2) is 0 Å². The zero-order chi connectivity index (χ0) is 7.91. The van der Waals surface area contributed by atoms with Crippen LogP contribution >= 0.6 is 0 Å². The lowest BCUT2D eigenvalue weighted by Gasteiger charge is -2.11. The van der Waals surface area contributed by atoms with Crippen molar-refractivity contribution in [3.8, 4) is 0 Å². The topological polar surface area (TPSA) is 20.2 Å². The summed E-state index contributed by atoms with van der Waals surface area (Å²) in [5.74, 6) is 0. The highest BCUT2D eigenvalue weighted by Crippen LogP contribution is 2.09. The van der Waals surface area contributed by atoms with E-state index in [1.807, 2.05) is 20.8 Å². The van der Waals surface area contributed by atoms with Crippen molar-refractivity contribution in [2.24, 2.45) is 5.41 Å². The fourth-order valence-corrected chi connectivity index (χ4v) is 0. The molecular formula is C8H20O. The third kappa shape index (κ3) is 32.3. The summed E-state index contributed by atoms with van der Waals surface area (Å²) in [5, 5.41) is 8.40. The highest BCUT2D eigenvalue weighted by atomic mass is 16.3. The minimum Gasteiger partial charge on any atom is -0.396 e. The molecule has 0 aliphatic rings. The lowest BCUT2D eigenvalue weighted by molar-refractivity contribution is 0.177. The summed E-state index contributed by atoms with van der Waals surface area (Å²) in [7, 11) is 0. The first-order valence-electron chi connectivity index (χ1n) is 3.58. The van der Waals surface area contributed by atoms with Gasteiger partial charge in [-0.1, -0.05) is 41.0 Å². The van der Waals surface area contributed by atoms with Gasteiger partial charge in [-0.15, -0.1) is 0 Å². The highest BCUT2D eigenvalue weighted by molar-refractivity contribution is 4.55. The minimum absolute atomic E-state index is 0.0972. The van der Waals surface area contributed by atoms with Gasteiger partial charge in [0.2, 0.25) is 0 Å². The van der Waals surface area contributed by atoms with E-state index in [1.54, 1.807) is 0 Å². The number of aliphatic hydroxyl groups excluding tert-OH is 1. The van der Waals surface area contributed by atoms with Crippen LogP contribution in [0.25, 0.3) is 0 Å². The van der Waals surface area contributed by atoms with Crippen LogP contribution in [-0.2, 0) is 0 Å². The van der Waals surface area contributed by atoms with Crippen molar-refractivity contribution >= 4 is 0 Å². The Hall–Kier alpha value is -0.0400. The first-order valence-corrected chi connectivity index (χ1v) is 3.58. The lowest BCUT2D eigenvalue weighted by Crippen LogP contribution is -2.09. The van der Waals surface area contributed by atoms with E-state index in [2.05, 4.69) is 13.8 Å². The van der Waals surface area contributed by atoms with Crippen molar-refractivity contribution < 1.29 is 5.11 Å². The summed E-state index contributed by atoms with van der Waals surface area (Å²) < 4.78 is 0. The van der Waals surface area contributed by atoms with Gasteiger partial charge >= 0.3 is 0 Å². The molecule has 0 saturated heterocycles. The third-order valence-corrected chi connectivity index (χ3v) is 0.474. The summed E-state index contributed by atoms with van der Waals surface area (Å²) in [4.78, 5) is 0. The SMILES string of the molecule is CC(C)(C)CO.CCC. The smallest absolute Gasteiger partial charge is 0.0479 e. The molecule has 0 aromatic heterocycles. The molecule has 0 heterocycles. The molecule has 9 heavy (non-hydrogen) atoms. The van der Waals surface area contributed by atoms with Crippen molar-refractivity contribution in [2.75, 3.05) is 6.61 Å². The standard InChI is InChI=1S/C5H12O.C3H8/c1-5(2,3)4-6;1-3-2/h6H,4H2,1-3H3;3H2,1-2H3. The van der Waals surface area contributed by atoms with E-state index < -0.39 is 0 Å². The Morgan fingerprint density at radius 3 is 1.22 bits per heavy atom. The van der Waals surface area contributed by atoms with Crippen molar-refractivity contribution in [2.45, 2.75) is 41.0 Å². The fourth-order valence-electron chi connectivity index (χ4n) is 0. The molecule has 0 fully saturated rings. The molecule has 0 aliphatic heterocycles. The van der Waals surface area contributed by atoms with Crippen LogP contribution in [0.1, 0.15) is 41.0 Å². The second-order valence-corrected chi connectivity index (χ2v) is 3.43. The van der Waals surface area contributed by atoms with Gasteiger partial charge in [0.05, 0.1) is 0 Å². The monoisotopic (exact) mass is 132 g/mol. The Kier molecular flexibility index (Phi) is 7.92. The van der Waals surface area contributed by atoms with E-state index >= 15 is 0 Å². The largest absolute Gasteiger partial charge is 0.396 e. The second-order valence-electron chi connectivity index (χ2n) is 3.43. The average molecular weight is 132 g/mol. The van der Waals surface area contributed by atoms with Gasteiger partial charge in [-0.3, -0.25) is 0 Å². The van der Waals surface area contributed by atoms with Crippen LogP contribution in [0.4, 0.5) is 0 Å². The Bertz CT molecular complexity index is 43.0. The van der Waals surface area contributed by atoms with Crippen LogP contribution in [-0.4, -0.2) is 11.7 Å². The molecule has 58 valence electrons. The van der Waals surface area contributed by atoms with Crippen molar-refractivity contribution in [3.05, 3.63) is 0 Å². The predicted octanol–water partition coefficient (Wildman–Crippen LogP) is 2.44. The van der Waals surface area contributed by atoms with E-state index in [0.29, 0.717) is 0 Å². The van der Waals surface area contributed by atoms with Crippen LogP contribution in [0.3, 0.4) is 0 Å². The maximum atomic E-state index is 8.40. The molecule has 0 rings (SSSR count). The molecule has 0 aromatic carbocycles. The quantitative estimate of drug-likeness (QED) is 0.536. The molecule has 0 spiro atoms. The number of aliphatic hydroxyl groups is 1. The van der Waals surface area contributed by atoms with E-state index in [0.717, 1.165) is 0 Å². The Morgan fingerprint density at radius 1 is 1.11 bits per heavy atom. The van der Waals surface area contributed by atoms with Gasteiger partial charge in [-0.2, -0.15) is 0 Å². The summed E-state index contributed by atoms with van der Waals surface area (Å²) in [6.45, 7) is 10.5. The molecule has 0 unspecified atom stereocenters. The average Bonchev–Trinajstić information content (AvgIpc) is 1.67. The Labute approximate surface area is 59.1 Å². The molecule has 0 aromatic rings. The van der Waals surface area contributed by atoms with Gasteiger partial charge in [0, 0.05) is 6.61 Å². The fraction of sp³-hybridized carbons (Fsp3) is 1.00. The van der Waals surface area contributed by atoms with E-state index in [1.165, 1.54) is 6.42 Å². The van der Waals surface area contributed by atoms with Crippen molar-refractivity contribution in [1.29, 1.82) is 0 Å². The highest BCUT2D eigenvalue weighted by Gasteiger charge is 2.05. The van der Waals surface area contributed by atoms with E-state index in [-0.39, 0.29) is 12.0 Å². The molecule has 0 atom stereocenters. The van der Waals surface area contributed by atoms with Crippen LogP contribution < -0.4 is 0 Å². The van der Waals surface area contributed by atoms with Gasteiger partial charge in [-0.05, 0) is 5.41 Å². The molecule has 1 N–H and O–H groups in total. The van der Waals surface area contributed by atoms with E-state index in [4.69, 9.17) is 5.11 Å². The molecule has 1 nitrogen and oxygen atoms in total. The zero-order valence-electron chi connectivity index (χ0n) is 7.36. The molecule has 0 bridgehead atoms. The molecule has 0 radical (unpaired) electrons. The molecule has 1 heteroatoms. The van der Waals surface area contributed by atoms with Crippen molar-refractivity contribution in [3.63, 3.8) is 0 Å². The molecule has 0 aliphatic carbocycles. The van der Waals surface area contributed by atoms with Crippen LogP contribution in [0.15, 0.2) is 0 Å². The van der Waals surface area contributed by atoms with Gasteiger partial charge in [0.25, 0.3) is 0 Å². The molecule has 0 amide bonds. The normalized spacial score (nSPS) is 10.0. The van der Waals surface area contributed by atoms with Crippen molar-refractivity contribution in [1.82, 2.24) is 0 Å². The lowest BCUT2D eigenvalue weighted by atomic mass is 9.99. The van der Waals surface area contributed by atoms with Crippen LogP contribution in [0, 0.1) is 5.41 Å². The predicted molar refractivity (Wildman–Crippen MR) is 42.5 cm³/mol. The summed E-state index contributed by atoms with van der Waals surface area (Å²) in [6.07, 6.45) is 1.25. The van der Waals surface area contributed by atoms with Gasteiger partial charge < -0.3 is 5.11 Å².